The van der Waals surface area contributed by atoms with Gasteiger partial charge in [-0.1, -0.05) is 11.6 Å². The fraction of sp³-hybridized carbons (Fsp3) is 0.263. The number of nitrogens with one attached hydrogen (secondary N) is 2. The largest absolute Gasteiger partial charge is 0.502 e. The van der Waals surface area contributed by atoms with Crippen LogP contribution in [-0.4, -0.2) is 30.9 Å². The molecule has 1 aliphatic heterocycles. The molecule has 1 aliphatic rings. The summed E-state index contributed by atoms with van der Waals surface area (Å²) < 4.78 is 10.6. The van der Waals surface area contributed by atoms with Gasteiger partial charge in [0.25, 0.3) is 0 Å². The normalized spacial score (nSPS) is 16.7. The number of phenolic OH excluding ortho intramolecular Hbond substituents is 1. The summed E-state index contributed by atoms with van der Waals surface area (Å²) in [5.41, 5.74) is 4.41. The van der Waals surface area contributed by atoms with Crippen molar-refractivity contribution in [3.05, 3.63) is 52.2 Å². The molecular weight excluding hydrogens is 340 g/mol. The fourth-order valence-electron chi connectivity index (χ4n) is 3.57. The Morgan fingerprint density at radius 1 is 1.12 bits per heavy atom. The summed E-state index contributed by atoms with van der Waals surface area (Å²) in [7, 11) is 3.06. The van der Waals surface area contributed by atoms with Crippen molar-refractivity contribution in [2.24, 2.45) is 0 Å². The minimum Gasteiger partial charge on any atom is -0.502 e. The SMILES string of the molecule is COc1cc([C@H]2NCCc3c2[nH]c2ccc(Cl)cc32)cc(OC)c1O. The van der Waals surface area contributed by atoms with Crippen LogP contribution in [0.1, 0.15) is 22.9 Å². The van der Waals surface area contributed by atoms with Crippen molar-refractivity contribution in [1.82, 2.24) is 10.3 Å². The van der Waals surface area contributed by atoms with E-state index in [4.69, 9.17) is 21.1 Å². The summed E-state index contributed by atoms with van der Waals surface area (Å²) in [6, 6.07) is 9.53. The molecule has 0 saturated carbocycles. The highest BCUT2D eigenvalue weighted by Gasteiger charge is 2.27. The zero-order valence-electron chi connectivity index (χ0n) is 14.0. The number of aromatic nitrogens is 1. The summed E-state index contributed by atoms with van der Waals surface area (Å²) in [4.78, 5) is 3.52. The maximum Gasteiger partial charge on any atom is 0.200 e. The van der Waals surface area contributed by atoms with E-state index in [9.17, 15) is 5.11 Å². The highest BCUT2D eigenvalue weighted by atomic mass is 35.5. The van der Waals surface area contributed by atoms with Gasteiger partial charge in [-0.25, -0.2) is 0 Å². The first-order valence-electron chi connectivity index (χ1n) is 8.10. The van der Waals surface area contributed by atoms with Gasteiger partial charge in [-0.2, -0.15) is 0 Å². The van der Waals surface area contributed by atoms with Gasteiger partial charge in [-0.15, -0.1) is 0 Å². The van der Waals surface area contributed by atoms with Crippen molar-refractivity contribution >= 4 is 22.5 Å². The van der Waals surface area contributed by atoms with Gasteiger partial charge in [0, 0.05) is 28.2 Å². The summed E-state index contributed by atoms with van der Waals surface area (Å²) in [6.07, 6.45) is 0.929. The molecule has 0 radical (unpaired) electrons. The van der Waals surface area contributed by atoms with Gasteiger partial charge in [-0.05, 0) is 47.9 Å². The lowest BCUT2D eigenvalue weighted by Crippen LogP contribution is -2.30. The molecule has 6 heteroatoms. The van der Waals surface area contributed by atoms with E-state index in [0.29, 0.717) is 11.5 Å². The number of halogens is 1. The Labute approximate surface area is 150 Å². The zero-order valence-corrected chi connectivity index (χ0v) is 14.8. The Hall–Kier alpha value is -2.37. The Balaban J connectivity index is 1.88. The van der Waals surface area contributed by atoms with Crippen LogP contribution in [0.2, 0.25) is 5.02 Å². The minimum atomic E-state index is -0.0432. The van der Waals surface area contributed by atoms with Crippen LogP contribution >= 0.6 is 11.6 Å². The number of benzene rings is 2. The van der Waals surface area contributed by atoms with Gasteiger partial charge in [-0.3, -0.25) is 0 Å². The third kappa shape index (κ3) is 2.60. The standard InChI is InChI=1S/C19H19ClN2O3/c1-24-15-7-10(8-16(25-2)19(15)23)17-18-12(5-6-21-17)13-9-11(20)3-4-14(13)22-18/h3-4,7-9,17,21-23H,5-6H2,1-2H3/t17-/m1/s1. The Bertz CT molecular complexity index is 926. The van der Waals surface area contributed by atoms with Crippen molar-refractivity contribution in [2.75, 3.05) is 20.8 Å². The molecule has 3 N–H and O–H groups in total. The number of fused-ring (bicyclic) bond motifs is 3. The number of hydrogen-bond acceptors (Lipinski definition) is 4. The van der Waals surface area contributed by atoms with Crippen LogP contribution in [0.3, 0.4) is 0 Å². The molecule has 4 rings (SSSR count). The Morgan fingerprint density at radius 2 is 1.84 bits per heavy atom. The van der Waals surface area contributed by atoms with E-state index in [1.807, 2.05) is 30.3 Å². The monoisotopic (exact) mass is 358 g/mol. The van der Waals surface area contributed by atoms with E-state index >= 15 is 0 Å². The molecule has 0 bridgehead atoms. The van der Waals surface area contributed by atoms with Crippen molar-refractivity contribution in [1.29, 1.82) is 0 Å². The molecule has 0 fully saturated rings. The number of hydrogen-bond donors (Lipinski definition) is 3. The van der Waals surface area contributed by atoms with E-state index in [1.54, 1.807) is 0 Å². The second kappa shape index (κ2) is 6.17. The third-order valence-corrected chi connectivity index (χ3v) is 4.98. The van der Waals surface area contributed by atoms with E-state index in [0.717, 1.165) is 40.1 Å². The van der Waals surface area contributed by atoms with Crippen molar-refractivity contribution in [2.45, 2.75) is 12.5 Å². The number of H-pyrrole nitrogens is 1. The molecule has 3 aromatic rings. The Kier molecular flexibility index (Phi) is 3.98. The number of ether oxygens (including phenoxy) is 2. The zero-order chi connectivity index (χ0) is 17.6. The van der Waals surface area contributed by atoms with Crippen molar-refractivity contribution in [3.63, 3.8) is 0 Å². The van der Waals surface area contributed by atoms with Crippen molar-refractivity contribution in [3.8, 4) is 17.2 Å². The van der Waals surface area contributed by atoms with Crippen LogP contribution in [0.25, 0.3) is 10.9 Å². The van der Waals surface area contributed by atoms with Gasteiger partial charge >= 0.3 is 0 Å². The predicted molar refractivity (Wildman–Crippen MR) is 98.1 cm³/mol. The molecule has 0 amide bonds. The fourth-order valence-corrected chi connectivity index (χ4v) is 3.74. The topological polar surface area (TPSA) is 66.5 Å². The van der Waals surface area contributed by atoms with E-state index in [-0.39, 0.29) is 11.8 Å². The molecule has 0 saturated heterocycles. The summed E-state index contributed by atoms with van der Waals surface area (Å²) in [5, 5.41) is 15.6. The van der Waals surface area contributed by atoms with Crippen molar-refractivity contribution < 1.29 is 14.6 Å². The molecule has 0 spiro atoms. The molecule has 2 heterocycles. The number of phenols is 1. The minimum absolute atomic E-state index is 0.00760. The lowest BCUT2D eigenvalue weighted by Gasteiger charge is -2.25. The summed E-state index contributed by atoms with van der Waals surface area (Å²) in [6.45, 7) is 0.850. The van der Waals surface area contributed by atoms with Gasteiger partial charge in [0.1, 0.15) is 0 Å². The van der Waals surface area contributed by atoms with Gasteiger partial charge < -0.3 is 24.9 Å². The number of aromatic amines is 1. The highest BCUT2D eigenvalue weighted by Crippen LogP contribution is 2.41. The smallest absolute Gasteiger partial charge is 0.200 e. The molecular formula is C19H19ClN2O3. The van der Waals surface area contributed by atoms with Crippen LogP contribution < -0.4 is 14.8 Å². The van der Waals surface area contributed by atoms with E-state index < -0.39 is 0 Å². The molecule has 5 nitrogen and oxygen atoms in total. The number of rotatable bonds is 3. The first-order chi connectivity index (χ1) is 12.1. The molecule has 25 heavy (non-hydrogen) atoms. The van der Waals surface area contributed by atoms with Gasteiger partial charge in [0.15, 0.2) is 11.5 Å². The third-order valence-electron chi connectivity index (χ3n) is 4.75. The quantitative estimate of drug-likeness (QED) is 0.666. The lowest BCUT2D eigenvalue weighted by molar-refractivity contribution is 0.338. The van der Waals surface area contributed by atoms with Crippen LogP contribution in [0, 0.1) is 0 Å². The van der Waals surface area contributed by atoms with Crippen LogP contribution in [-0.2, 0) is 6.42 Å². The average molecular weight is 359 g/mol. The molecule has 1 atom stereocenters. The molecule has 1 aromatic heterocycles. The number of methoxy groups -OCH3 is 2. The summed E-state index contributed by atoms with van der Waals surface area (Å²) in [5.74, 6) is 0.790. The van der Waals surface area contributed by atoms with E-state index in [1.165, 1.54) is 19.8 Å². The van der Waals surface area contributed by atoms with Gasteiger partial charge in [0.2, 0.25) is 5.75 Å². The Morgan fingerprint density at radius 3 is 2.52 bits per heavy atom. The predicted octanol–water partition coefficient (Wildman–Crippen LogP) is 3.78. The number of aromatic hydroxyl groups is 1. The average Bonchev–Trinajstić information content (AvgIpc) is 3.00. The highest BCUT2D eigenvalue weighted by molar-refractivity contribution is 6.31. The van der Waals surface area contributed by atoms with Gasteiger partial charge in [0.05, 0.1) is 20.3 Å². The summed E-state index contributed by atoms with van der Waals surface area (Å²) >= 11 is 6.18. The molecule has 130 valence electrons. The first-order valence-corrected chi connectivity index (χ1v) is 8.48. The molecule has 2 aromatic carbocycles. The second-order valence-electron chi connectivity index (χ2n) is 6.12. The first kappa shape index (κ1) is 16.1. The van der Waals surface area contributed by atoms with Crippen LogP contribution in [0.15, 0.2) is 30.3 Å². The second-order valence-corrected chi connectivity index (χ2v) is 6.55. The maximum atomic E-state index is 10.2. The maximum absolute atomic E-state index is 10.2. The lowest BCUT2D eigenvalue weighted by atomic mass is 9.94. The van der Waals surface area contributed by atoms with E-state index in [2.05, 4.69) is 10.3 Å². The molecule has 0 aliphatic carbocycles. The van der Waals surface area contributed by atoms with Crippen LogP contribution in [0.5, 0.6) is 17.2 Å². The van der Waals surface area contributed by atoms with Crippen LogP contribution in [0.4, 0.5) is 0 Å². The molecule has 0 unspecified atom stereocenters.